The Morgan fingerprint density at radius 2 is 1.90 bits per heavy atom. The lowest BCUT2D eigenvalue weighted by atomic mass is 10.2. The van der Waals surface area contributed by atoms with E-state index in [1.54, 1.807) is 6.92 Å². The number of carbonyl (C=O) groups excluding carboxylic acids is 1. The third-order valence-corrected chi connectivity index (χ3v) is 4.84. The lowest BCUT2D eigenvalue weighted by molar-refractivity contribution is -0.134. The summed E-state index contributed by atoms with van der Waals surface area (Å²) >= 11 is 0. The minimum Gasteiger partial charge on any atom is -0.341 e. The van der Waals surface area contributed by atoms with Crippen LogP contribution in [0.25, 0.3) is 0 Å². The van der Waals surface area contributed by atoms with Crippen LogP contribution in [0.5, 0.6) is 0 Å². The molecule has 1 aromatic rings. The highest BCUT2D eigenvalue weighted by molar-refractivity contribution is 8.13. The third kappa shape index (κ3) is 3.52. The second-order valence-electron chi connectivity index (χ2n) is 5.01. The van der Waals surface area contributed by atoms with Gasteiger partial charge in [-0.15, -0.1) is 0 Å². The van der Waals surface area contributed by atoms with E-state index in [0.717, 1.165) is 45.0 Å². The zero-order valence-corrected chi connectivity index (χ0v) is 12.9. The first-order valence-electron chi connectivity index (χ1n) is 6.67. The lowest BCUT2D eigenvalue weighted by Crippen LogP contribution is -2.37. The summed E-state index contributed by atoms with van der Waals surface area (Å²) < 4.78 is 23.8. The summed E-state index contributed by atoms with van der Waals surface area (Å²) in [6.07, 6.45) is 6.78. The molecule has 0 aliphatic carbocycles. The minimum absolute atomic E-state index is 0.0338. The van der Waals surface area contributed by atoms with Gasteiger partial charge in [0.15, 0.2) is 0 Å². The van der Waals surface area contributed by atoms with Crippen molar-refractivity contribution in [2.75, 3.05) is 13.1 Å². The van der Waals surface area contributed by atoms with Gasteiger partial charge in [-0.05, 0) is 19.8 Å². The molecule has 1 fully saturated rings. The number of rotatable bonds is 3. The Morgan fingerprint density at radius 3 is 2.40 bits per heavy atom. The van der Waals surface area contributed by atoms with Crippen LogP contribution in [0, 0.1) is 0 Å². The van der Waals surface area contributed by atoms with Crippen LogP contribution in [0.4, 0.5) is 0 Å². The maximum Gasteiger partial charge on any atom is 0.264 e. The van der Waals surface area contributed by atoms with Gasteiger partial charge in [0, 0.05) is 30.0 Å². The topological polar surface area (TPSA) is 72.3 Å². The summed E-state index contributed by atoms with van der Waals surface area (Å²) in [6.45, 7) is 3.22. The normalized spacial score (nSPS) is 18.6. The first-order chi connectivity index (χ1) is 9.39. The largest absolute Gasteiger partial charge is 0.341 e. The van der Waals surface area contributed by atoms with Crippen LogP contribution in [0.3, 0.4) is 0 Å². The van der Waals surface area contributed by atoms with Crippen LogP contribution in [0.1, 0.15) is 38.6 Å². The molecule has 2 heterocycles. The molecule has 0 spiro atoms. The van der Waals surface area contributed by atoms with E-state index in [0.29, 0.717) is 0 Å². The highest BCUT2D eigenvalue weighted by Gasteiger charge is 2.24. The maximum absolute atomic E-state index is 12.4. The molecule has 0 aromatic carbocycles. The molecule has 0 radical (unpaired) electrons. The predicted molar refractivity (Wildman–Crippen MR) is 75.0 cm³/mol. The molecule has 20 heavy (non-hydrogen) atoms. The molecule has 1 aromatic heterocycles. The van der Waals surface area contributed by atoms with Crippen molar-refractivity contribution < 1.29 is 13.2 Å². The Kier molecular flexibility index (Phi) is 4.70. The van der Waals surface area contributed by atoms with Gasteiger partial charge < -0.3 is 4.90 Å². The number of aromatic nitrogens is 2. The van der Waals surface area contributed by atoms with Gasteiger partial charge in [0.2, 0.25) is 5.91 Å². The van der Waals surface area contributed by atoms with E-state index in [9.17, 15) is 13.2 Å². The van der Waals surface area contributed by atoms with Gasteiger partial charge in [0.25, 0.3) is 9.05 Å². The number of carbonyl (C=O) groups is 1. The zero-order valence-electron chi connectivity index (χ0n) is 11.3. The molecule has 1 aliphatic rings. The lowest BCUT2D eigenvalue weighted by Gasteiger charge is -2.24. The third-order valence-electron chi connectivity index (χ3n) is 3.53. The van der Waals surface area contributed by atoms with E-state index in [4.69, 9.17) is 10.7 Å². The molecular formula is C12H18ClN3O3S. The number of hydrogen-bond acceptors (Lipinski definition) is 4. The number of hydrogen-bond donors (Lipinski definition) is 0. The highest BCUT2D eigenvalue weighted by atomic mass is 35.7. The summed E-state index contributed by atoms with van der Waals surface area (Å²) in [7, 11) is 1.44. The first kappa shape index (κ1) is 15.3. The number of nitrogens with zero attached hydrogens (tertiary/aromatic N) is 3. The van der Waals surface area contributed by atoms with Crippen molar-refractivity contribution in [2.45, 2.75) is 43.5 Å². The fourth-order valence-electron chi connectivity index (χ4n) is 2.33. The Bertz CT molecular complexity index is 577. The van der Waals surface area contributed by atoms with Crippen molar-refractivity contribution in [1.82, 2.24) is 14.7 Å². The van der Waals surface area contributed by atoms with Gasteiger partial charge in [-0.2, -0.15) is 5.10 Å². The van der Waals surface area contributed by atoms with Crippen LogP contribution in [0.2, 0.25) is 0 Å². The van der Waals surface area contributed by atoms with E-state index in [2.05, 4.69) is 5.10 Å². The van der Waals surface area contributed by atoms with Crippen LogP contribution in [-0.4, -0.2) is 42.1 Å². The number of likely N-dealkylation sites (tertiary alicyclic amines) is 1. The minimum atomic E-state index is -3.81. The summed E-state index contributed by atoms with van der Waals surface area (Å²) in [5.41, 5.74) is 0. The quantitative estimate of drug-likeness (QED) is 0.796. The smallest absolute Gasteiger partial charge is 0.264 e. The van der Waals surface area contributed by atoms with Crippen molar-refractivity contribution in [2.24, 2.45) is 0 Å². The molecule has 1 saturated heterocycles. The van der Waals surface area contributed by atoms with Crippen molar-refractivity contribution in [3.8, 4) is 0 Å². The second kappa shape index (κ2) is 6.13. The first-order valence-corrected chi connectivity index (χ1v) is 8.98. The molecule has 1 atom stereocenters. The van der Waals surface area contributed by atoms with Gasteiger partial charge in [0.05, 0.1) is 6.20 Å². The number of amides is 1. The summed E-state index contributed by atoms with van der Waals surface area (Å²) in [5, 5.41) is 3.93. The average Bonchev–Trinajstić information content (AvgIpc) is 2.74. The summed E-state index contributed by atoms with van der Waals surface area (Å²) in [4.78, 5) is 14.1. The molecule has 112 valence electrons. The summed E-state index contributed by atoms with van der Waals surface area (Å²) in [5.74, 6) is -0.0338. The molecule has 2 rings (SSSR count). The molecule has 0 saturated carbocycles. The molecule has 8 heteroatoms. The predicted octanol–water partition coefficient (Wildman–Crippen LogP) is 1.77. The van der Waals surface area contributed by atoms with Gasteiger partial charge >= 0.3 is 0 Å². The molecule has 1 amide bonds. The fraction of sp³-hybridized carbons (Fsp3) is 0.667. The molecule has 0 bridgehead atoms. The van der Waals surface area contributed by atoms with Gasteiger partial charge in [-0.25, -0.2) is 8.42 Å². The van der Waals surface area contributed by atoms with Crippen LogP contribution in [-0.2, 0) is 13.8 Å². The molecule has 1 unspecified atom stereocenters. The van der Waals surface area contributed by atoms with E-state index in [1.165, 1.54) is 10.9 Å². The Hall–Kier alpha value is -1.08. The fourth-order valence-corrected chi connectivity index (χ4v) is 2.97. The van der Waals surface area contributed by atoms with Crippen LogP contribution in [0.15, 0.2) is 17.3 Å². The van der Waals surface area contributed by atoms with Gasteiger partial charge in [0.1, 0.15) is 10.9 Å². The summed E-state index contributed by atoms with van der Waals surface area (Å²) in [6, 6.07) is -0.528. The van der Waals surface area contributed by atoms with Crippen molar-refractivity contribution in [3.63, 3.8) is 0 Å². The van der Waals surface area contributed by atoms with Crippen LogP contribution >= 0.6 is 10.7 Å². The van der Waals surface area contributed by atoms with E-state index in [1.807, 2.05) is 4.90 Å². The molecular weight excluding hydrogens is 302 g/mol. The van der Waals surface area contributed by atoms with E-state index < -0.39 is 15.1 Å². The van der Waals surface area contributed by atoms with E-state index in [-0.39, 0.29) is 10.8 Å². The highest BCUT2D eigenvalue weighted by Crippen LogP contribution is 2.18. The van der Waals surface area contributed by atoms with Crippen molar-refractivity contribution >= 4 is 25.6 Å². The zero-order chi connectivity index (χ0) is 14.8. The molecule has 0 N–H and O–H groups in total. The van der Waals surface area contributed by atoms with Crippen molar-refractivity contribution in [1.29, 1.82) is 0 Å². The van der Waals surface area contributed by atoms with Gasteiger partial charge in [-0.1, -0.05) is 12.8 Å². The maximum atomic E-state index is 12.4. The molecule has 1 aliphatic heterocycles. The standard InChI is InChI=1S/C12H18ClN3O3S/c1-10(12(17)15-6-4-2-3-5-7-15)16-9-11(8-14-16)20(13,18)19/h8-10H,2-7H2,1H3. The Labute approximate surface area is 123 Å². The van der Waals surface area contributed by atoms with Crippen LogP contribution < -0.4 is 0 Å². The van der Waals surface area contributed by atoms with E-state index >= 15 is 0 Å². The Morgan fingerprint density at radius 1 is 1.30 bits per heavy atom. The monoisotopic (exact) mass is 319 g/mol. The van der Waals surface area contributed by atoms with Gasteiger partial charge in [-0.3, -0.25) is 9.48 Å². The van der Waals surface area contributed by atoms with Crippen molar-refractivity contribution in [3.05, 3.63) is 12.4 Å². The number of halogens is 1. The SMILES string of the molecule is CC(C(=O)N1CCCCCC1)n1cc(S(=O)(=O)Cl)cn1. The Balaban J connectivity index is 2.11. The average molecular weight is 320 g/mol. The molecule has 6 nitrogen and oxygen atoms in total. The second-order valence-corrected chi connectivity index (χ2v) is 7.58.